The summed E-state index contributed by atoms with van der Waals surface area (Å²) < 4.78 is 78.5. The predicted molar refractivity (Wildman–Crippen MR) is 72.2 cm³/mol. The molecule has 0 fully saturated rings. The van der Waals surface area contributed by atoms with E-state index < -0.39 is 53.6 Å². The normalized spacial score (nSPS) is 12.4. The number of carbonyl (C=O) groups is 1. The van der Waals surface area contributed by atoms with Crippen LogP contribution in [0.5, 0.6) is 0 Å². The zero-order valence-corrected chi connectivity index (χ0v) is 11.8. The molecule has 1 heterocycles. The van der Waals surface area contributed by atoms with Crippen molar-refractivity contribution in [3.63, 3.8) is 0 Å². The molecule has 1 amide bonds. The van der Waals surface area contributed by atoms with Gasteiger partial charge in [0.05, 0.1) is 18.6 Å². The molecule has 24 heavy (non-hydrogen) atoms. The molecule has 0 saturated heterocycles. The Labute approximate surface area is 131 Å². The first-order valence-corrected chi connectivity index (χ1v) is 6.39. The molecule has 1 aromatic carbocycles. The van der Waals surface area contributed by atoms with Gasteiger partial charge in [-0.15, -0.1) is 0 Å². The molecular weight excluding hydrogens is 340 g/mol. The van der Waals surface area contributed by atoms with Crippen molar-refractivity contribution in [1.29, 1.82) is 0 Å². The summed E-state index contributed by atoms with van der Waals surface area (Å²) in [6.07, 6.45) is -11.2. The molecule has 2 N–H and O–H groups in total. The van der Waals surface area contributed by atoms with Crippen LogP contribution in [0.4, 0.5) is 32.0 Å². The van der Waals surface area contributed by atoms with E-state index in [0.29, 0.717) is 6.07 Å². The summed E-state index contributed by atoms with van der Waals surface area (Å²) in [5, 5.41) is -0.573. The Balaban J connectivity index is 2.84. The number of primary amides is 1. The highest BCUT2D eigenvalue weighted by molar-refractivity contribution is 5.91. The lowest BCUT2D eigenvalue weighted by Crippen LogP contribution is -2.22. The molecule has 0 unspecified atom stereocenters. The van der Waals surface area contributed by atoms with Gasteiger partial charge in [-0.3, -0.25) is 4.79 Å². The lowest BCUT2D eigenvalue weighted by atomic mass is 10.1. The molecule has 0 aliphatic carbocycles. The van der Waals surface area contributed by atoms with Crippen molar-refractivity contribution in [2.24, 2.45) is 5.73 Å². The summed E-state index contributed by atoms with van der Waals surface area (Å²) in [4.78, 5) is 13.9. The summed E-state index contributed by atoms with van der Waals surface area (Å²) in [6, 6.07) is 2.62. The number of halogens is 6. The van der Waals surface area contributed by atoms with Gasteiger partial charge in [0.25, 0.3) is 0 Å². The summed E-state index contributed by atoms with van der Waals surface area (Å²) in [6.45, 7) is 6.12. The van der Waals surface area contributed by atoms with Gasteiger partial charge in [-0.05, 0) is 12.1 Å². The Kier molecular flexibility index (Phi) is 4.22. The van der Waals surface area contributed by atoms with Crippen LogP contribution < -0.4 is 5.73 Å². The van der Waals surface area contributed by atoms with Crippen LogP contribution >= 0.6 is 0 Å². The molecule has 0 aliphatic heterocycles. The molecule has 0 radical (unpaired) electrons. The number of amides is 1. The highest BCUT2D eigenvalue weighted by Gasteiger charge is 2.37. The minimum atomic E-state index is -4.94. The second-order valence-electron chi connectivity index (χ2n) is 4.98. The van der Waals surface area contributed by atoms with E-state index in [2.05, 4.69) is 4.85 Å². The predicted octanol–water partition coefficient (Wildman–Crippen LogP) is 3.80. The number of hydrogen-bond donors (Lipinski definition) is 1. The molecule has 2 rings (SSSR count). The average molecular weight is 349 g/mol. The molecule has 128 valence electrons. The van der Waals surface area contributed by atoms with Crippen LogP contribution in [0.2, 0.25) is 0 Å². The number of fused-ring (bicyclic) bond motifs is 1. The van der Waals surface area contributed by atoms with E-state index in [-0.39, 0.29) is 5.52 Å². The van der Waals surface area contributed by atoms with Gasteiger partial charge in [-0.1, -0.05) is 6.07 Å². The van der Waals surface area contributed by atoms with Crippen molar-refractivity contribution >= 4 is 22.5 Å². The van der Waals surface area contributed by atoms with Crippen molar-refractivity contribution in [1.82, 2.24) is 4.57 Å². The number of hydrogen-bond acceptors (Lipinski definition) is 1. The van der Waals surface area contributed by atoms with E-state index in [4.69, 9.17) is 12.3 Å². The highest BCUT2D eigenvalue weighted by Crippen LogP contribution is 2.42. The number of nitrogens with two attached hydrogens (primary N) is 1. The highest BCUT2D eigenvalue weighted by atomic mass is 19.4. The molecule has 10 heteroatoms. The number of alkyl halides is 6. The van der Waals surface area contributed by atoms with Gasteiger partial charge >= 0.3 is 12.4 Å². The number of benzene rings is 1. The first-order valence-electron chi connectivity index (χ1n) is 6.39. The summed E-state index contributed by atoms with van der Waals surface area (Å²) in [7, 11) is 0. The summed E-state index contributed by atoms with van der Waals surface area (Å²) in [5.41, 5.74) is 2.13. The Morgan fingerprint density at radius 1 is 1.21 bits per heavy atom. The maximum atomic E-state index is 13.2. The number of aromatic nitrogens is 1. The van der Waals surface area contributed by atoms with Crippen LogP contribution in [0, 0.1) is 6.57 Å². The molecular formula is C14H9F6N3O. The van der Waals surface area contributed by atoms with Crippen molar-refractivity contribution < 1.29 is 31.1 Å². The lowest BCUT2D eigenvalue weighted by Gasteiger charge is -2.12. The van der Waals surface area contributed by atoms with Gasteiger partial charge in [0.1, 0.15) is 6.54 Å². The number of nitrogens with zero attached hydrogens (tertiary/aromatic N) is 2. The molecule has 1 aromatic heterocycles. The average Bonchev–Trinajstić information content (AvgIpc) is 2.71. The number of carbonyl (C=O) groups excluding carboxylic acids is 1. The monoisotopic (exact) mass is 349 g/mol. The van der Waals surface area contributed by atoms with Crippen molar-refractivity contribution in [2.75, 3.05) is 0 Å². The fourth-order valence-corrected chi connectivity index (χ4v) is 2.46. The van der Waals surface area contributed by atoms with Crippen molar-refractivity contribution in [2.45, 2.75) is 25.3 Å². The van der Waals surface area contributed by atoms with E-state index in [1.807, 2.05) is 0 Å². The van der Waals surface area contributed by atoms with Gasteiger partial charge in [-0.2, -0.15) is 26.3 Å². The fourth-order valence-electron chi connectivity index (χ4n) is 2.46. The molecule has 2 aromatic rings. The maximum absolute atomic E-state index is 13.2. The van der Waals surface area contributed by atoms with Crippen molar-refractivity contribution in [3.05, 3.63) is 40.9 Å². The van der Waals surface area contributed by atoms with E-state index in [9.17, 15) is 31.1 Å². The third-order valence-electron chi connectivity index (χ3n) is 3.25. The molecule has 0 bridgehead atoms. The van der Waals surface area contributed by atoms with Crippen LogP contribution in [0.1, 0.15) is 11.3 Å². The van der Waals surface area contributed by atoms with E-state index in [1.54, 1.807) is 0 Å². The standard InChI is InChI=1S/C14H9F6N3O/c1-22-9-2-3-10-8(12(9)14(18,19)20)4-7(5-13(15,16)17)23(10)6-11(21)24/h2-4H,5-6H2,(H2,21,24). The Bertz CT molecular complexity index is 841. The van der Waals surface area contributed by atoms with Gasteiger partial charge in [0, 0.05) is 16.6 Å². The van der Waals surface area contributed by atoms with E-state index >= 15 is 0 Å². The Morgan fingerprint density at radius 3 is 2.29 bits per heavy atom. The Morgan fingerprint density at radius 2 is 1.83 bits per heavy atom. The quantitative estimate of drug-likeness (QED) is 0.665. The van der Waals surface area contributed by atoms with Gasteiger partial charge in [-0.25, -0.2) is 4.85 Å². The van der Waals surface area contributed by atoms with Crippen LogP contribution in [0.25, 0.3) is 15.7 Å². The maximum Gasteiger partial charge on any atom is 0.408 e. The molecule has 4 nitrogen and oxygen atoms in total. The number of rotatable bonds is 3. The molecule has 0 saturated carbocycles. The second-order valence-corrected chi connectivity index (χ2v) is 4.98. The van der Waals surface area contributed by atoms with Gasteiger partial charge in [0.2, 0.25) is 5.91 Å². The van der Waals surface area contributed by atoms with Crippen LogP contribution in [-0.4, -0.2) is 16.7 Å². The largest absolute Gasteiger partial charge is 0.408 e. The second kappa shape index (κ2) is 5.74. The zero-order chi connectivity index (χ0) is 18.3. The summed E-state index contributed by atoms with van der Waals surface area (Å²) in [5.74, 6) is -1.00. The van der Waals surface area contributed by atoms with Crippen molar-refractivity contribution in [3.8, 4) is 0 Å². The topological polar surface area (TPSA) is 52.4 Å². The van der Waals surface area contributed by atoms with Gasteiger partial charge < -0.3 is 10.3 Å². The smallest absolute Gasteiger partial charge is 0.368 e. The third kappa shape index (κ3) is 3.45. The van der Waals surface area contributed by atoms with Crippen LogP contribution in [0.3, 0.4) is 0 Å². The first kappa shape index (κ1) is 17.7. The minimum absolute atomic E-state index is 0.243. The van der Waals surface area contributed by atoms with E-state index in [0.717, 1.165) is 16.7 Å². The van der Waals surface area contributed by atoms with E-state index in [1.165, 1.54) is 0 Å². The third-order valence-corrected chi connectivity index (χ3v) is 3.25. The molecule has 0 spiro atoms. The minimum Gasteiger partial charge on any atom is -0.368 e. The SMILES string of the molecule is [C-]#[N+]c1ccc2c(cc(CC(F)(F)F)n2CC(N)=O)c1C(F)(F)F. The zero-order valence-electron chi connectivity index (χ0n) is 11.8. The van der Waals surface area contributed by atoms with Crippen LogP contribution in [0.15, 0.2) is 18.2 Å². The molecule has 0 aliphatic rings. The lowest BCUT2D eigenvalue weighted by molar-refractivity contribution is -0.135. The fraction of sp³-hybridized carbons (Fsp3) is 0.286. The van der Waals surface area contributed by atoms with Gasteiger partial charge in [0.15, 0.2) is 5.69 Å². The summed E-state index contributed by atoms with van der Waals surface area (Å²) >= 11 is 0. The van der Waals surface area contributed by atoms with Crippen LogP contribution in [-0.2, 0) is 23.9 Å². The first-order chi connectivity index (χ1) is 10.9. The molecule has 0 atom stereocenters. The Hall–Kier alpha value is -2.70.